The van der Waals surface area contributed by atoms with E-state index in [4.69, 9.17) is 15.5 Å². The summed E-state index contributed by atoms with van der Waals surface area (Å²) < 4.78 is 8.20. The number of piperidine rings is 1. The number of fused-ring (bicyclic) bond motifs is 1. The fraction of sp³-hybridized carbons (Fsp3) is 0.296. The number of nitrogens with two attached hydrogens (primary N) is 1. The van der Waals surface area contributed by atoms with Crippen LogP contribution in [0.3, 0.4) is 0 Å². The normalized spacial score (nSPS) is 15.9. The number of benzene rings is 2. The van der Waals surface area contributed by atoms with E-state index in [1.807, 2.05) is 54.6 Å². The molecule has 0 saturated carbocycles. The van der Waals surface area contributed by atoms with Crippen molar-refractivity contribution in [1.82, 2.24) is 9.55 Å². The van der Waals surface area contributed by atoms with Crippen LogP contribution in [-0.2, 0) is 24.5 Å². The van der Waals surface area contributed by atoms with E-state index in [-0.39, 0.29) is 18.1 Å². The molecule has 3 heterocycles. The molecule has 1 fully saturated rings. The highest BCUT2D eigenvalue weighted by Crippen LogP contribution is 2.27. The Labute approximate surface area is 208 Å². The summed E-state index contributed by atoms with van der Waals surface area (Å²) in [5.41, 5.74) is 9.29. The zero-order valence-corrected chi connectivity index (χ0v) is 20.2. The van der Waals surface area contributed by atoms with Gasteiger partial charge in [0.25, 0.3) is 5.56 Å². The van der Waals surface area contributed by atoms with Crippen LogP contribution in [0, 0.1) is 11.3 Å². The van der Waals surface area contributed by atoms with Gasteiger partial charge in [-0.3, -0.25) is 9.36 Å². The first kappa shape index (κ1) is 23.2. The van der Waals surface area contributed by atoms with Crippen molar-refractivity contribution in [2.75, 3.05) is 18.0 Å². The van der Waals surface area contributed by atoms with Gasteiger partial charge in [-0.1, -0.05) is 48.5 Å². The number of nitriles is 1. The van der Waals surface area contributed by atoms with Crippen LogP contribution in [0.25, 0.3) is 10.2 Å². The fourth-order valence-electron chi connectivity index (χ4n) is 4.48. The lowest BCUT2D eigenvalue weighted by molar-refractivity contribution is 0.109. The molecule has 178 valence electrons. The highest BCUT2D eigenvalue weighted by Gasteiger charge is 2.24. The monoisotopic (exact) mass is 485 g/mol. The Kier molecular flexibility index (Phi) is 6.91. The summed E-state index contributed by atoms with van der Waals surface area (Å²) in [6, 6.07) is 21.6. The molecule has 0 radical (unpaired) electrons. The van der Waals surface area contributed by atoms with Crippen molar-refractivity contribution in [2.45, 2.75) is 38.6 Å². The zero-order valence-electron chi connectivity index (χ0n) is 19.4. The van der Waals surface area contributed by atoms with Crippen LogP contribution < -0.4 is 16.2 Å². The van der Waals surface area contributed by atoms with E-state index < -0.39 is 0 Å². The minimum Gasteiger partial charge on any atom is -0.371 e. The summed E-state index contributed by atoms with van der Waals surface area (Å²) in [7, 11) is 0. The second-order valence-corrected chi connectivity index (χ2v) is 9.96. The Hall–Kier alpha value is -3.51. The fourth-order valence-corrected chi connectivity index (χ4v) is 5.46. The molecule has 0 aliphatic carbocycles. The number of nitrogens with zero attached hydrogens (tertiary/aromatic N) is 4. The second-order valence-electron chi connectivity index (χ2n) is 8.83. The molecule has 1 saturated heterocycles. The van der Waals surface area contributed by atoms with Crippen LogP contribution in [0.15, 0.2) is 65.5 Å². The first-order valence-electron chi connectivity index (χ1n) is 11.8. The van der Waals surface area contributed by atoms with Crippen molar-refractivity contribution in [3.63, 3.8) is 0 Å². The van der Waals surface area contributed by atoms with Crippen LogP contribution in [0.4, 0.5) is 5.95 Å². The lowest BCUT2D eigenvalue weighted by Gasteiger charge is -2.33. The molecular formula is C27H27N5O2S. The van der Waals surface area contributed by atoms with E-state index in [2.05, 4.69) is 11.0 Å². The molecular weight excluding hydrogens is 458 g/mol. The largest absolute Gasteiger partial charge is 0.371 e. The Morgan fingerprint density at radius 1 is 1.14 bits per heavy atom. The van der Waals surface area contributed by atoms with Crippen LogP contribution in [-0.4, -0.2) is 28.7 Å². The van der Waals surface area contributed by atoms with Gasteiger partial charge < -0.3 is 15.4 Å². The molecule has 0 spiro atoms. The average molecular weight is 486 g/mol. The summed E-state index contributed by atoms with van der Waals surface area (Å²) in [5, 5.41) is 9.57. The number of hydrogen-bond acceptors (Lipinski definition) is 7. The van der Waals surface area contributed by atoms with Gasteiger partial charge in [0.15, 0.2) is 0 Å². The van der Waals surface area contributed by atoms with Gasteiger partial charge in [0, 0.05) is 24.0 Å². The van der Waals surface area contributed by atoms with Gasteiger partial charge in [-0.15, -0.1) is 11.3 Å². The third kappa shape index (κ3) is 5.13. The molecule has 0 bridgehead atoms. The van der Waals surface area contributed by atoms with Crippen molar-refractivity contribution in [1.29, 1.82) is 5.26 Å². The molecule has 2 aromatic heterocycles. The minimum atomic E-state index is -0.101. The standard InChI is InChI=1S/C27H27N5O2S/c28-14-20-9-4-5-10-21(20)15-32-26(33)25-24(30-27(32)31-12-6-11-22(29)16-31)13-23(35-25)18-34-17-19-7-2-1-3-8-19/h1-5,7-10,13,22H,6,11-12,15-18,29H2/t22-/m1/s1. The molecule has 4 aromatic rings. The van der Waals surface area contributed by atoms with E-state index in [1.165, 1.54) is 11.3 Å². The maximum Gasteiger partial charge on any atom is 0.273 e. The summed E-state index contributed by atoms with van der Waals surface area (Å²) in [6.45, 7) is 2.65. The Morgan fingerprint density at radius 3 is 2.74 bits per heavy atom. The van der Waals surface area contributed by atoms with Crippen molar-refractivity contribution in [2.24, 2.45) is 5.73 Å². The van der Waals surface area contributed by atoms with Gasteiger partial charge in [-0.05, 0) is 36.1 Å². The molecule has 1 aliphatic rings. The molecule has 0 amide bonds. The number of hydrogen-bond donors (Lipinski definition) is 1. The molecule has 2 aromatic carbocycles. The summed E-state index contributed by atoms with van der Waals surface area (Å²) in [6.07, 6.45) is 1.91. The van der Waals surface area contributed by atoms with Crippen molar-refractivity contribution in [3.05, 3.63) is 92.6 Å². The minimum absolute atomic E-state index is 0.0422. The number of rotatable bonds is 7. The quantitative estimate of drug-likeness (QED) is 0.425. The van der Waals surface area contributed by atoms with Gasteiger partial charge in [0.2, 0.25) is 5.95 Å². The molecule has 1 atom stereocenters. The molecule has 5 rings (SSSR count). The topological polar surface area (TPSA) is 97.2 Å². The van der Waals surface area contributed by atoms with Crippen LogP contribution in [0.2, 0.25) is 0 Å². The van der Waals surface area contributed by atoms with Gasteiger partial charge in [0.05, 0.1) is 36.9 Å². The van der Waals surface area contributed by atoms with Crippen molar-refractivity contribution >= 4 is 27.5 Å². The maximum absolute atomic E-state index is 13.7. The molecule has 1 aliphatic heterocycles. The second kappa shape index (κ2) is 10.4. The Bertz CT molecular complexity index is 1420. The van der Waals surface area contributed by atoms with E-state index in [9.17, 15) is 10.1 Å². The smallest absolute Gasteiger partial charge is 0.273 e. The van der Waals surface area contributed by atoms with Crippen LogP contribution in [0.1, 0.15) is 34.4 Å². The molecule has 7 nitrogen and oxygen atoms in total. The van der Waals surface area contributed by atoms with E-state index in [0.717, 1.165) is 35.4 Å². The summed E-state index contributed by atoms with van der Waals surface area (Å²) in [5.74, 6) is 0.611. The van der Waals surface area contributed by atoms with E-state index in [1.54, 1.807) is 10.6 Å². The average Bonchev–Trinajstić information content (AvgIpc) is 3.30. The third-order valence-corrected chi connectivity index (χ3v) is 7.31. The molecule has 0 unspecified atom stereocenters. The lowest BCUT2D eigenvalue weighted by atomic mass is 10.1. The third-order valence-electron chi connectivity index (χ3n) is 6.23. The lowest BCUT2D eigenvalue weighted by Crippen LogP contribution is -2.45. The van der Waals surface area contributed by atoms with Crippen LogP contribution >= 0.6 is 11.3 Å². The van der Waals surface area contributed by atoms with Crippen LogP contribution in [0.5, 0.6) is 0 Å². The maximum atomic E-state index is 13.7. The number of anilines is 1. The van der Waals surface area contributed by atoms with Gasteiger partial charge >= 0.3 is 0 Å². The first-order chi connectivity index (χ1) is 17.1. The van der Waals surface area contributed by atoms with Crippen molar-refractivity contribution in [3.8, 4) is 6.07 Å². The summed E-state index contributed by atoms with van der Waals surface area (Å²) >= 11 is 1.42. The first-order valence-corrected chi connectivity index (χ1v) is 12.6. The summed E-state index contributed by atoms with van der Waals surface area (Å²) in [4.78, 5) is 21.7. The predicted molar refractivity (Wildman–Crippen MR) is 138 cm³/mol. The number of ether oxygens (including phenoxy) is 1. The number of thiophene rings is 1. The molecule has 8 heteroatoms. The molecule has 35 heavy (non-hydrogen) atoms. The predicted octanol–water partition coefficient (Wildman–Crippen LogP) is 4.02. The SMILES string of the molecule is N#Cc1ccccc1Cn1c(N2CCC[C@@H](N)C2)nc2cc(COCc3ccccc3)sc2c1=O. The Balaban J connectivity index is 1.50. The van der Waals surface area contributed by atoms with Gasteiger partial charge in [0.1, 0.15) is 4.70 Å². The zero-order chi connectivity index (χ0) is 24.2. The van der Waals surface area contributed by atoms with E-state index in [0.29, 0.717) is 41.5 Å². The van der Waals surface area contributed by atoms with Gasteiger partial charge in [-0.2, -0.15) is 5.26 Å². The van der Waals surface area contributed by atoms with Gasteiger partial charge in [-0.25, -0.2) is 4.98 Å². The highest BCUT2D eigenvalue weighted by atomic mass is 32.1. The van der Waals surface area contributed by atoms with Crippen molar-refractivity contribution < 1.29 is 4.74 Å². The highest BCUT2D eigenvalue weighted by molar-refractivity contribution is 7.18. The van der Waals surface area contributed by atoms with E-state index >= 15 is 0 Å². The Morgan fingerprint density at radius 2 is 1.94 bits per heavy atom. The number of aromatic nitrogens is 2. The molecule has 2 N–H and O–H groups in total.